The molecule has 110 valence electrons. The Labute approximate surface area is 124 Å². The Kier molecular flexibility index (Phi) is 3.53. The molecule has 1 N–H and O–H groups in total. The summed E-state index contributed by atoms with van der Waals surface area (Å²) < 4.78 is 0. The molecule has 1 fully saturated rings. The highest BCUT2D eigenvalue weighted by Crippen LogP contribution is 2.38. The van der Waals surface area contributed by atoms with Gasteiger partial charge < -0.3 is 5.32 Å². The molecule has 2 amide bonds. The van der Waals surface area contributed by atoms with E-state index in [0.717, 1.165) is 11.3 Å². The minimum absolute atomic E-state index is 0.0398. The molecular formula is C17H20N2O2. The van der Waals surface area contributed by atoms with Crippen molar-refractivity contribution >= 4 is 17.5 Å². The number of amides is 2. The fourth-order valence-electron chi connectivity index (χ4n) is 3.29. The van der Waals surface area contributed by atoms with Gasteiger partial charge in [0.2, 0.25) is 11.8 Å². The molecular weight excluding hydrogens is 264 g/mol. The smallest absolute Gasteiger partial charge is 0.235 e. The van der Waals surface area contributed by atoms with E-state index in [-0.39, 0.29) is 36.2 Å². The van der Waals surface area contributed by atoms with E-state index in [9.17, 15) is 9.59 Å². The topological polar surface area (TPSA) is 49.4 Å². The van der Waals surface area contributed by atoms with Crippen LogP contribution in [-0.2, 0) is 9.59 Å². The lowest BCUT2D eigenvalue weighted by molar-refractivity contribution is -0.139. The largest absolute Gasteiger partial charge is 0.367 e. The summed E-state index contributed by atoms with van der Waals surface area (Å²) in [4.78, 5) is 26.3. The van der Waals surface area contributed by atoms with Crippen LogP contribution >= 0.6 is 0 Å². The minimum Gasteiger partial charge on any atom is -0.367 e. The Morgan fingerprint density at radius 1 is 1.29 bits per heavy atom. The number of likely N-dealkylation sites (tertiary alicyclic amines) is 1. The highest BCUT2D eigenvalue weighted by Gasteiger charge is 2.49. The first-order valence-corrected chi connectivity index (χ1v) is 7.40. The molecule has 0 saturated carbocycles. The van der Waals surface area contributed by atoms with Crippen molar-refractivity contribution in [1.82, 2.24) is 4.90 Å². The number of hydrogen-bond donors (Lipinski definition) is 1. The molecule has 2 aliphatic rings. The molecule has 4 nitrogen and oxygen atoms in total. The first-order valence-electron chi connectivity index (χ1n) is 7.40. The predicted molar refractivity (Wildman–Crippen MR) is 81.4 cm³/mol. The molecule has 1 aliphatic carbocycles. The van der Waals surface area contributed by atoms with Crippen LogP contribution in [0.5, 0.6) is 0 Å². The zero-order valence-electron chi connectivity index (χ0n) is 12.4. The zero-order valence-corrected chi connectivity index (χ0v) is 12.4. The van der Waals surface area contributed by atoms with Crippen LogP contribution in [-0.4, -0.2) is 23.4 Å². The quantitative estimate of drug-likeness (QED) is 0.685. The van der Waals surface area contributed by atoms with E-state index in [0.29, 0.717) is 6.42 Å². The lowest BCUT2D eigenvalue weighted by atomic mass is 9.78. The molecule has 3 atom stereocenters. The summed E-state index contributed by atoms with van der Waals surface area (Å²) in [6.07, 6.45) is 4.75. The maximum atomic E-state index is 12.5. The van der Waals surface area contributed by atoms with E-state index in [1.54, 1.807) is 0 Å². The van der Waals surface area contributed by atoms with Gasteiger partial charge in [-0.1, -0.05) is 31.2 Å². The van der Waals surface area contributed by atoms with Crippen LogP contribution in [0, 0.1) is 24.7 Å². The Balaban J connectivity index is 1.72. The number of carbonyl (C=O) groups is 2. The van der Waals surface area contributed by atoms with Crippen molar-refractivity contribution in [2.45, 2.75) is 20.3 Å². The van der Waals surface area contributed by atoms with Crippen LogP contribution in [0.1, 0.15) is 18.9 Å². The molecule has 1 saturated heterocycles. The highest BCUT2D eigenvalue weighted by atomic mass is 16.2. The SMILES string of the molecule is Cc1cccc(NCN2C(=O)C3CC=CC(C)C3C2=O)c1. The predicted octanol–water partition coefficient (Wildman–Crippen LogP) is 2.56. The second-order valence-electron chi connectivity index (χ2n) is 5.96. The molecule has 0 aromatic heterocycles. The Morgan fingerprint density at radius 3 is 2.81 bits per heavy atom. The van der Waals surface area contributed by atoms with Crippen LogP contribution in [0.2, 0.25) is 0 Å². The standard InChI is InChI=1S/C17H20N2O2/c1-11-5-3-7-13(9-11)18-10-19-16(20)14-8-4-6-12(2)15(14)17(19)21/h3-7,9,12,14-15,18H,8,10H2,1-2H3. The van der Waals surface area contributed by atoms with E-state index in [2.05, 4.69) is 5.32 Å². The molecule has 21 heavy (non-hydrogen) atoms. The number of imide groups is 1. The van der Waals surface area contributed by atoms with E-state index in [1.165, 1.54) is 4.90 Å². The zero-order chi connectivity index (χ0) is 15.0. The number of anilines is 1. The van der Waals surface area contributed by atoms with Gasteiger partial charge in [-0.25, -0.2) is 0 Å². The first-order chi connectivity index (χ1) is 10.1. The molecule has 0 spiro atoms. The summed E-state index contributed by atoms with van der Waals surface area (Å²) in [5, 5.41) is 3.18. The summed E-state index contributed by atoms with van der Waals surface area (Å²) in [6.45, 7) is 4.27. The average Bonchev–Trinajstić information content (AvgIpc) is 2.70. The summed E-state index contributed by atoms with van der Waals surface area (Å²) in [5.74, 6) is -0.286. The summed E-state index contributed by atoms with van der Waals surface area (Å²) in [6, 6.07) is 7.91. The molecule has 1 aromatic rings. The normalized spacial score (nSPS) is 27.9. The number of allylic oxidation sites excluding steroid dienone is 2. The van der Waals surface area contributed by atoms with Crippen molar-refractivity contribution in [1.29, 1.82) is 0 Å². The number of fused-ring (bicyclic) bond motifs is 1. The molecule has 1 aromatic carbocycles. The molecule has 1 aliphatic heterocycles. The lowest BCUT2D eigenvalue weighted by Crippen LogP contribution is -2.36. The van der Waals surface area contributed by atoms with Gasteiger partial charge in [0.15, 0.2) is 0 Å². The molecule has 4 heteroatoms. The summed E-state index contributed by atoms with van der Waals surface area (Å²) >= 11 is 0. The van der Waals surface area contributed by atoms with Crippen molar-refractivity contribution in [2.24, 2.45) is 17.8 Å². The maximum absolute atomic E-state index is 12.5. The molecule has 3 unspecified atom stereocenters. The van der Waals surface area contributed by atoms with Crippen LogP contribution in [0.4, 0.5) is 5.69 Å². The van der Waals surface area contributed by atoms with Gasteiger partial charge >= 0.3 is 0 Å². The minimum atomic E-state index is -0.179. The van der Waals surface area contributed by atoms with Crippen molar-refractivity contribution in [2.75, 3.05) is 12.0 Å². The van der Waals surface area contributed by atoms with Crippen LogP contribution in [0.25, 0.3) is 0 Å². The van der Waals surface area contributed by atoms with Crippen molar-refractivity contribution < 1.29 is 9.59 Å². The Bertz CT molecular complexity index is 609. The molecule has 3 rings (SSSR count). The van der Waals surface area contributed by atoms with Crippen molar-refractivity contribution in [3.63, 3.8) is 0 Å². The van der Waals surface area contributed by atoms with Crippen molar-refractivity contribution in [3.8, 4) is 0 Å². The number of hydrogen-bond acceptors (Lipinski definition) is 3. The fraction of sp³-hybridized carbons (Fsp3) is 0.412. The van der Waals surface area contributed by atoms with Gasteiger partial charge in [-0.05, 0) is 37.0 Å². The van der Waals surface area contributed by atoms with E-state index in [1.807, 2.05) is 50.3 Å². The van der Waals surface area contributed by atoms with Gasteiger partial charge in [0.25, 0.3) is 0 Å². The van der Waals surface area contributed by atoms with E-state index >= 15 is 0 Å². The van der Waals surface area contributed by atoms with Gasteiger partial charge in [0.1, 0.15) is 0 Å². The number of benzene rings is 1. The summed E-state index contributed by atoms with van der Waals surface area (Å²) in [7, 11) is 0. The van der Waals surface area contributed by atoms with Gasteiger partial charge in [-0.15, -0.1) is 0 Å². The van der Waals surface area contributed by atoms with Crippen molar-refractivity contribution in [3.05, 3.63) is 42.0 Å². The van der Waals surface area contributed by atoms with Gasteiger partial charge in [0.05, 0.1) is 18.5 Å². The number of rotatable bonds is 3. The number of nitrogens with one attached hydrogen (secondary N) is 1. The van der Waals surface area contributed by atoms with E-state index in [4.69, 9.17) is 0 Å². The third-order valence-corrected chi connectivity index (χ3v) is 4.42. The number of aryl methyl sites for hydroxylation is 1. The Hall–Kier alpha value is -2.10. The average molecular weight is 284 g/mol. The second kappa shape index (κ2) is 5.35. The molecule has 0 bridgehead atoms. The third kappa shape index (κ3) is 2.46. The van der Waals surface area contributed by atoms with Gasteiger partial charge in [-0.2, -0.15) is 0 Å². The maximum Gasteiger partial charge on any atom is 0.235 e. The van der Waals surface area contributed by atoms with E-state index < -0.39 is 0 Å². The fourth-order valence-corrected chi connectivity index (χ4v) is 3.29. The van der Waals surface area contributed by atoms with Crippen LogP contribution < -0.4 is 5.32 Å². The molecule has 0 radical (unpaired) electrons. The number of nitrogens with zero attached hydrogens (tertiary/aromatic N) is 1. The lowest BCUT2D eigenvalue weighted by Gasteiger charge is -2.22. The monoisotopic (exact) mass is 284 g/mol. The number of carbonyl (C=O) groups excluding carboxylic acids is 2. The highest BCUT2D eigenvalue weighted by molar-refractivity contribution is 6.05. The van der Waals surface area contributed by atoms with Gasteiger partial charge in [-0.3, -0.25) is 14.5 Å². The Morgan fingerprint density at radius 2 is 2.10 bits per heavy atom. The third-order valence-electron chi connectivity index (χ3n) is 4.42. The van der Waals surface area contributed by atoms with Crippen LogP contribution in [0.3, 0.4) is 0 Å². The summed E-state index contributed by atoms with van der Waals surface area (Å²) in [5.41, 5.74) is 2.07. The van der Waals surface area contributed by atoms with Crippen LogP contribution in [0.15, 0.2) is 36.4 Å². The molecule has 1 heterocycles. The second-order valence-corrected chi connectivity index (χ2v) is 5.96. The first kappa shape index (κ1) is 13.9. The van der Waals surface area contributed by atoms with Gasteiger partial charge in [0, 0.05) is 5.69 Å².